The lowest BCUT2D eigenvalue weighted by atomic mass is 10.1. The molecule has 6 nitrogen and oxygen atoms in total. The molecule has 0 saturated heterocycles. The highest BCUT2D eigenvalue weighted by Gasteiger charge is 2.34. The zero-order valence-corrected chi connectivity index (χ0v) is 15.2. The zero-order valence-electron chi connectivity index (χ0n) is 13.6. The standard InChI is InChI=1S/C18H16BrN3O3/c1-11-9-12(19)10-20-16(11)21-15(23)7-4-8-22-17(24)13-5-2-3-6-14(13)18(22)25/h2-3,5-6,9-10H,4,7-8H2,1H3,(H,20,21,23). The molecule has 0 aliphatic carbocycles. The van der Waals surface area contributed by atoms with Gasteiger partial charge in [-0.15, -0.1) is 0 Å². The molecule has 0 atom stereocenters. The molecule has 25 heavy (non-hydrogen) atoms. The van der Waals surface area contributed by atoms with Gasteiger partial charge >= 0.3 is 0 Å². The Morgan fingerprint density at radius 3 is 2.44 bits per heavy atom. The number of carbonyl (C=O) groups is 3. The minimum absolute atomic E-state index is 0.199. The summed E-state index contributed by atoms with van der Waals surface area (Å²) in [6.45, 7) is 2.07. The van der Waals surface area contributed by atoms with Crippen LogP contribution in [0.1, 0.15) is 39.1 Å². The van der Waals surface area contributed by atoms with Crippen molar-refractivity contribution >= 4 is 39.5 Å². The number of fused-ring (bicyclic) bond motifs is 1. The second kappa shape index (κ2) is 7.14. The van der Waals surface area contributed by atoms with Crippen LogP contribution in [0.4, 0.5) is 5.82 Å². The largest absolute Gasteiger partial charge is 0.310 e. The highest BCUT2D eigenvalue weighted by molar-refractivity contribution is 9.10. The number of aromatic nitrogens is 1. The number of carbonyl (C=O) groups excluding carboxylic acids is 3. The molecule has 1 aromatic carbocycles. The summed E-state index contributed by atoms with van der Waals surface area (Å²) in [5.74, 6) is -0.290. The van der Waals surface area contributed by atoms with Crippen LogP contribution in [0.15, 0.2) is 41.0 Å². The van der Waals surface area contributed by atoms with Crippen LogP contribution < -0.4 is 5.32 Å². The number of imide groups is 1. The third-order valence-corrected chi connectivity index (χ3v) is 4.40. The number of amides is 3. The van der Waals surface area contributed by atoms with Crippen molar-refractivity contribution in [3.63, 3.8) is 0 Å². The fourth-order valence-electron chi connectivity index (χ4n) is 2.71. The first-order valence-electron chi connectivity index (χ1n) is 7.84. The van der Waals surface area contributed by atoms with Crippen molar-refractivity contribution in [3.8, 4) is 0 Å². The first-order valence-corrected chi connectivity index (χ1v) is 8.64. The van der Waals surface area contributed by atoms with E-state index in [-0.39, 0.29) is 30.7 Å². The molecule has 0 saturated carbocycles. The third kappa shape index (κ3) is 3.61. The zero-order chi connectivity index (χ0) is 18.0. The van der Waals surface area contributed by atoms with Crippen LogP contribution in [0.25, 0.3) is 0 Å². The molecule has 3 amide bonds. The maximum Gasteiger partial charge on any atom is 0.261 e. The number of benzene rings is 1. The summed E-state index contributed by atoms with van der Waals surface area (Å²) in [4.78, 5) is 41.9. The fourth-order valence-corrected chi connectivity index (χ4v) is 3.15. The van der Waals surface area contributed by atoms with Crippen molar-refractivity contribution in [1.82, 2.24) is 9.88 Å². The number of rotatable bonds is 5. The maximum atomic E-state index is 12.2. The molecule has 2 aromatic rings. The SMILES string of the molecule is Cc1cc(Br)cnc1NC(=O)CCCN1C(=O)c2ccccc2C1=O. The fraction of sp³-hybridized carbons (Fsp3) is 0.222. The predicted molar refractivity (Wildman–Crippen MR) is 96.3 cm³/mol. The molecule has 2 heterocycles. The van der Waals surface area contributed by atoms with E-state index in [0.717, 1.165) is 10.0 Å². The summed E-state index contributed by atoms with van der Waals surface area (Å²) in [6.07, 6.45) is 2.21. The molecule has 0 radical (unpaired) electrons. The Kier molecular flexibility index (Phi) is 4.94. The van der Waals surface area contributed by atoms with Crippen molar-refractivity contribution in [1.29, 1.82) is 0 Å². The van der Waals surface area contributed by atoms with Crippen LogP contribution in [0.2, 0.25) is 0 Å². The van der Waals surface area contributed by atoms with Crippen LogP contribution in [-0.4, -0.2) is 34.2 Å². The number of halogens is 1. The summed E-state index contributed by atoms with van der Waals surface area (Å²) >= 11 is 3.32. The van der Waals surface area contributed by atoms with E-state index >= 15 is 0 Å². The van der Waals surface area contributed by atoms with Gasteiger partial charge in [-0.3, -0.25) is 19.3 Å². The first-order chi connectivity index (χ1) is 12.0. The topological polar surface area (TPSA) is 79.4 Å². The van der Waals surface area contributed by atoms with Crippen molar-refractivity contribution in [2.24, 2.45) is 0 Å². The van der Waals surface area contributed by atoms with Gasteiger partial charge in [0.05, 0.1) is 11.1 Å². The Morgan fingerprint density at radius 2 is 1.84 bits per heavy atom. The highest BCUT2D eigenvalue weighted by Crippen LogP contribution is 2.23. The van der Waals surface area contributed by atoms with Crippen LogP contribution in [0, 0.1) is 6.92 Å². The number of hydrogen-bond acceptors (Lipinski definition) is 4. The van der Waals surface area contributed by atoms with Gasteiger partial charge in [0.1, 0.15) is 5.82 Å². The average Bonchev–Trinajstić information content (AvgIpc) is 2.83. The summed E-state index contributed by atoms with van der Waals surface area (Å²) < 4.78 is 0.841. The van der Waals surface area contributed by atoms with E-state index in [1.165, 1.54) is 4.90 Å². The quantitative estimate of drug-likeness (QED) is 0.780. The van der Waals surface area contributed by atoms with Gasteiger partial charge in [0.15, 0.2) is 0 Å². The van der Waals surface area contributed by atoms with Gasteiger partial charge in [0.2, 0.25) is 5.91 Å². The van der Waals surface area contributed by atoms with Crippen molar-refractivity contribution < 1.29 is 14.4 Å². The lowest BCUT2D eigenvalue weighted by Gasteiger charge is -2.13. The molecular formula is C18H16BrN3O3. The van der Waals surface area contributed by atoms with Gasteiger partial charge < -0.3 is 5.32 Å². The lowest BCUT2D eigenvalue weighted by molar-refractivity contribution is -0.116. The lowest BCUT2D eigenvalue weighted by Crippen LogP contribution is -2.31. The van der Waals surface area contributed by atoms with Gasteiger partial charge in [-0.2, -0.15) is 0 Å². The normalized spacial score (nSPS) is 13.1. The smallest absolute Gasteiger partial charge is 0.261 e. The molecule has 1 N–H and O–H groups in total. The van der Waals surface area contributed by atoms with Crippen molar-refractivity contribution in [3.05, 3.63) is 57.7 Å². The number of nitrogens with zero attached hydrogens (tertiary/aromatic N) is 2. The summed E-state index contributed by atoms with van der Waals surface area (Å²) in [6, 6.07) is 8.61. The number of anilines is 1. The van der Waals surface area contributed by atoms with E-state index in [1.807, 2.05) is 13.0 Å². The molecule has 0 unspecified atom stereocenters. The number of nitrogens with one attached hydrogen (secondary N) is 1. The molecule has 1 aliphatic rings. The van der Waals surface area contributed by atoms with Gasteiger partial charge in [-0.05, 0) is 53.0 Å². The third-order valence-electron chi connectivity index (χ3n) is 3.97. The van der Waals surface area contributed by atoms with Crippen LogP contribution in [0.5, 0.6) is 0 Å². The molecule has 0 bridgehead atoms. The van der Waals surface area contributed by atoms with E-state index in [4.69, 9.17) is 0 Å². The van der Waals surface area contributed by atoms with Crippen LogP contribution in [-0.2, 0) is 4.79 Å². The molecule has 0 fully saturated rings. The van der Waals surface area contributed by atoms with Crippen LogP contribution in [0.3, 0.4) is 0 Å². The average molecular weight is 402 g/mol. The van der Waals surface area contributed by atoms with E-state index in [2.05, 4.69) is 26.2 Å². The monoisotopic (exact) mass is 401 g/mol. The molecule has 1 aliphatic heterocycles. The molecule has 3 rings (SSSR count). The number of aryl methyl sites for hydroxylation is 1. The summed E-state index contributed by atoms with van der Waals surface area (Å²) in [5, 5.41) is 2.74. The second-order valence-electron chi connectivity index (χ2n) is 5.78. The number of pyridine rings is 1. The Bertz CT molecular complexity index is 831. The first kappa shape index (κ1) is 17.3. The number of hydrogen-bond donors (Lipinski definition) is 1. The van der Waals surface area contributed by atoms with Crippen molar-refractivity contribution in [2.45, 2.75) is 19.8 Å². The van der Waals surface area contributed by atoms with E-state index in [9.17, 15) is 14.4 Å². The minimum Gasteiger partial charge on any atom is -0.310 e. The summed E-state index contributed by atoms with van der Waals surface area (Å²) in [7, 11) is 0. The van der Waals surface area contributed by atoms with E-state index in [0.29, 0.717) is 23.4 Å². The molecule has 7 heteroatoms. The predicted octanol–water partition coefficient (Wildman–Crippen LogP) is 3.17. The highest BCUT2D eigenvalue weighted by atomic mass is 79.9. The van der Waals surface area contributed by atoms with Gasteiger partial charge in [0, 0.05) is 23.6 Å². The molecule has 128 valence electrons. The minimum atomic E-state index is -0.300. The Morgan fingerprint density at radius 1 is 1.20 bits per heavy atom. The molecule has 0 spiro atoms. The Hall–Kier alpha value is -2.54. The van der Waals surface area contributed by atoms with Crippen LogP contribution >= 0.6 is 15.9 Å². The molecule has 1 aromatic heterocycles. The Balaban J connectivity index is 1.54. The maximum absolute atomic E-state index is 12.2. The molecular weight excluding hydrogens is 386 g/mol. The van der Waals surface area contributed by atoms with Crippen molar-refractivity contribution in [2.75, 3.05) is 11.9 Å². The van der Waals surface area contributed by atoms with Gasteiger partial charge in [-0.1, -0.05) is 12.1 Å². The summed E-state index contributed by atoms with van der Waals surface area (Å²) in [5.41, 5.74) is 1.70. The van der Waals surface area contributed by atoms with Gasteiger partial charge in [-0.25, -0.2) is 4.98 Å². The van der Waals surface area contributed by atoms with Gasteiger partial charge in [0.25, 0.3) is 11.8 Å². The second-order valence-corrected chi connectivity index (χ2v) is 6.69. The van der Waals surface area contributed by atoms with E-state index in [1.54, 1.807) is 30.5 Å². The van der Waals surface area contributed by atoms with E-state index < -0.39 is 0 Å². The Labute approximate surface area is 153 Å².